The maximum Gasteiger partial charge on any atom is 0.275 e. The molecule has 1 aromatic heterocycles. The smallest absolute Gasteiger partial charge is 0.275 e. The minimum absolute atomic E-state index is 0.0270. The van der Waals surface area contributed by atoms with Crippen molar-refractivity contribution in [3.63, 3.8) is 0 Å². The third-order valence-electron chi connectivity index (χ3n) is 6.57. The van der Waals surface area contributed by atoms with E-state index in [-0.39, 0.29) is 39.9 Å². The normalized spacial score (nSPS) is 17.0. The molecule has 8 nitrogen and oxygen atoms in total. The molecular formula is C27H33ClF2N6O2. The molecule has 2 aliphatic carbocycles. The Morgan fingerprint density at radius 2 is 2.08 bits per heavy atom. The molecule has 0 radical (unpaired) electrons. The number of alkyl halides is 2. The van der Waals surface area contributed by atoms with E-state index in [1.807, 2.05) is 19.0 Å². The lowest BCUT2D eigenvalue weighted by molar-refractivity contribution is 0.0175. The van der Waals surface area contributed by atoms with E-state index in [4.69, 9.17) is 16.3 Å². The van der Waals surface area contributed by atoms with E-state index in [9.17, 15) is 13.6 Å². The molecule has 1 aromatic carbocycles. The van der Waals surface area contributed by atoms with E-state index in [1.165, 1.54) is 30.4 Å². The van der Waals surface area contributed by atoms with Crippen molar-refractivity contribution in [3.05, 3.63) is 57.8 Å². The monoisotopic (exact) mass is 546 g/mol. The van der Waals surface area contributed by atoms with Crippen LogP contribution in [-0.2, 0) is 5.92 Å². The average Bonchev–Trinajstić information content (AvgIpc) is 3.25. The van der Waals surface area contributed by atoms with Gasteiger partial charge in [-0.05, 0) is 57.5 Å². The van der Waals surface area contributed by atoms with Gasteiger partial charge in [-0.15, -0.1) is 0 Å². The fourth-order valence-corrected chi connectivity index (χ4v) is 4.86. The number of allylic oxidation sites excluding steroid dienone is 2. The number of halogens is 3. The van der Waals surface area contributed by atoms with E-state index >= 15 is 0 Å². The number of anilines is 3. The fourth-order valence-electron chi connectivity index (χ4n) is 4.61. The van der Waals surface area contributed by atoms with Crippen molar-refractivity contribution in [1.82, 2.24) is 20.2 Å². The van der Waals surface area contributed by atoms with E-state index in [0.717, 1.165) is 38.8 Å². The number of methoxy groups -OCH3 is 1. The molecule has 11 heteroatoms. The van der Waals surface area contributed by atoms with Crippen molar-refractivity contribution in [2.75, 3.05) is 44.9 Å². The van der Waals surface area contributed by atoms with Crippen LogP contribution in [0.15, 0.2) is 41.6 Å². The van der Waals surface area contributed by atoms with Crippen LogP contribution in [0, 0.1) is 0 Å². The standard InChI is InChI=1S/C27H33ClF2N6O2/c1-27(29,30)20-15-32-26(35-24(20)33-18-11-16-7-5-6-8-17(16)12-18)34-22-14-21(28)19(13-23(22)38-4)25(37)31-9-10-36(2)3/h5,7,13-15,18H,6,8-12H2,1-4H3,(H,31,37)(H2,32,33,34,35). The highest BCUT2D eigenvalue weighted by Gasteiger charge is 2.32. The van der Waals surface area contributed by atoms with E-state index < -0.39 is 5.92 Å². The number of nitrogens with one attached hydrogen (secondary N) is 3. The average molecular weight is 547 g/mol. The summed E-state index contributed by atoms with van der Waals surface area (Å²) in [5.74, 6) is -2.97. The van der Waals surface area contributed by atoms with Gasteiger partial charge >= 0.3 is 0 Å². The van der Waals surface area contributed by atoms with E-state index in [2.05, 4.69) is 38.1 Å². The van der Waals surface area contributed by atoms with Gasteiger partial charge in [-0.1, -0.05) is 29.3 Å². The maximum absolute atomic E-state index is 14.4. The highest BCUT2D eigenvalue weighted by Crippen LogP contribution is 2.38. The van der Waals surface area contributed by atoms with Gasteiger partial charge in [-0.25, -0.2) is 13.8 Å². The molecule has 2 aromatic rings. The van der Waals surface area contributed by atoms with Gasteiger partial charge in [0.15, 0.2) is 0 Å². The van der Waals surface area contributed by atoms with Crippen LogP contribution in [0.25, 0.3) is 0 Å². The number of hydrogen-bond acceptors (Lipinski definition) is 7. The number of hydrogen-bond donors (Lipinski definition) is 3. The summed E-state index contributed by atoms with van der Waals surface area (Å²) in [7, 11) is 5.28. The van der Waals surface area contributed by atoms with Gasteiger partial charge in [0.2, 0.25) is 5.95 Å². The number of amides is 1. The highest BCUT2D eigenvalue weighted by atomic mass is 35.5. The molecule has 38 heavy (non-hydrogen) atoms. The highest BCUT2D eigenvalue weighted by molar-refractivity contribution is 6.34. The van der Waals surface area contributed by atoms with Crippen molar-refractivity contribution in [1.29, 1.82) is 0 Å². The summed E-state index contributed by atoms with van der Waals surface area (Å²) in [6.07, 6.45) is 8.97. The predicted octanol–water partition coefficient (Wildman–Crippen LogP) is 5.51. The van der Waals surface area contributed by atoms with Crippen LogP contribution in [-0.4, -0.2) is 61.1 Å². The van der Waals surface area contributed by atoms with Crippen LogP contribution in [0.2, 0.25) is 5.02 Å². The molecule has 1 heterocycles. The Balaban J connectivity index is 1.55. The van der Waals surface area contributed by atoms with Crippen molar-refractivity contribution in [3.8, 4) is 5.75 Å². The van der Waals surface area contributed by atoms with Gasteiger partial charge in [-0.3, -0.25) is 4.79 Å². The molecule has 1 unspecified atom stereocenters. The van der Waals surface area contributed by atoms with Gasteiger partial charge in [0.25, 0.3) is 11.8 Å². The zero-order valence-electron chi connectivity index (χ0n) is 22.0. The number of likely N-dealkylation sites (N-methyl/N-ethyl adjacent to an activating group) is 1. The topological polar surface area (TPSA) is 91.4 Å². The fraction of sp³-hybridized carbons (Fsp3) is 0.444. The molecule has 0 aliphatic heterocycles. The van der Waals surface area contributed by atoms with Gasteiger partial charge in [0.1, 0.15) is 11.6 Å². The minimum Gasteiger partial charge on any atom is -0.495 e. The Bertz CT molecular complexity index is 1260. The number of ether oxygens (including phenoxy) is 1. The summed E-state index contributed by atoms with van der Waals surface area (Å²) in [6, 6.07) is 3.02. The van der Waals surface area contributed by atoms with Crippen molar-refractivity contribution in [2.24, 2.45) is 0 Å². The second kappa shape index (κ2) is 11.7. The van der Waals surface area contributed by atoms with Gasteiger partial charge in [0, 0.05) is 32.3 Å². The first kappa shape index (κ1) is 27.8. The number of benzene rings is 1. The summed E-state index contributed by atoms with van der Waals surface area (Å²) in [5, 5.41) is 9.25. The van der Waals surface area contributed by atoms with Crippen LogP contribution in [0.4, 0.5) is 26.2 Å². The summed E-state index contributed by atoms with van der Waals surface area (Å²) in [5.41, 5.74) is 3.01. The summed E-state index contributed by atoms with van der Waals surface area (Å²) < 4.78 is 34.3. The van der Waals surface area contributed by atoms with Crippen LogP contribution in [0.3, 0.4) is 0 Å². The van der Waals surface area contributed by atoms with Gasteiger partial charge in [0.05, 0.1) is 28.9 Å². The largest absolute Gasteiger partial charge is 0.495 e. The number of nitrogens with zero attached hydrogens (tertiary/aromatic N) is 3. The SMILES string of the molecule is COc1cc(C(=O)NCCN(C)C)c(Cl)cc1Nc1ncc(C(C)(F)F)c(NC2CC3=C(CCC=C3)C2)n1. The first-order valence-electron chi connectivity index (χ1n) is 12.5. The quantitative estimate of drug-likeness (QED) is 0.362. The summed E-state index contributed by atoms with van der Waals surface area (Å²) >= 11 is 6.42. The molecule has 2 aliphatic rings. The maximum atomic E-state index is 14.4. The molecule has 1 amide bonds. The Morgan fingerprint density at radius 1 is 1.29 bits per heavy atom. The summed E-state index contributed by atoms with van der Waals surface area (Å²) in [4.78, 5) is 23.1. The lowest BCUT2D eigenvalue weighted by Gasteiger charge is -2.21. The van der Waals surface area contributed by atoms with Crippen LogP contribution < -0.4 is 20.7 Å². The number of rotatable bonds is 10. The lowest BCUT2D eigenvalue weighted by Crippen LogP contribution is -2.31. The second-order valence-electron chi connectivity index (χ2n) is 9.88. The Morgan fingerprint density at radius 3 is 2.76 bits per heavy atom. The zero-order chi connectivity index (χ0) is 27.4. The lowest BCUT2D eigenvalue weighted by atomic mass is 10.0. The Labute approximate surface area is 226 Å². The van der Waals surface area contributed by atoms with E-state index in [0.29, 0.717) is 24.5 Å². The number of aromatic nitrogens is 2. The second-order valence-corrected chi connectivity index (χ2v) is 10.3. The van der Waals surface area contributed by atoms with Gasteiger partial charge < -0.3 is 25.6 Å². The van der Waals surface area contributed by atoms with Crippen molar-refractivity contribution >= 4 is 35.0 Å². The van der Waals surface area contributed by atoms with Crippen LogP contribution in [0.5, 0.6) is 5.75 Å². The molecule has 204 valence electrons. The molecule has 0 spiro atoms. The Hall–Kier alpha value is -3.24. The third-order valence-corrected chi connectivity index (χ3v) is 6.89. The van der Waals surface area contributed by atoms with E-state index in [1.54, 1.807) is 0 Å². The zero-order valence-corrected chi connectivity index (χ0v) is 22.8. The minimum atomic E-state index is -3.13. The summed E-state index contributed by atoms with van der Waals surface area (Å²) in [6.45, 7) is 1.96. The molecule has 0 bridgehead atoms. The van der Waals surface area contributed by atoms with Crippen molar-refractivity contribution < 1.29 is 18.3 Å². The molecule has 4 rings (SSSR count). The molecular weight excluding hydrogens is 514 g/mol. The Kier molecular flexibility index (Phi) is 8.52. The molecule has 0 saturated carbocycles. The predicted molar refractivity (Wildman–Crippen MR) is 146 cm³/mol. The first-order chi connectivity index (χ1) is 18.0. The number of carbonyl (C=O) groups is 1. The molecule has 0 fully saturated rings. The molecule has 3 N–H and O–H groups in total. The van der Waals surface area contributed by atoms with Crippen LogP contribution in [0.1, 0.15) is 48.5 Å². The molecule has 0 saturated heterocycles. The third kappa shape index (κ3) is 6.60. The van der Waals surface area contributed by atoms with Crippen LogP contribution >= 0.6 is 11.6 Å². The van der Waals surface area contributed by atoms with Gasteiger partial charge in [-0.2, -0.15) is 4.98 Å². The molecule has 1 atom stereocenters. The van der Waals surface area contributed by atoms with Crippen molar-refractivity contribution in [2.45, 2.75) is 44.6 Å². The first-order valence-corrected chi connectivity index (χ1v) is 12.9. The number of carbonyl (C=O) groups excluding carboxylic acids is 1.